The number of benzene rings is 2. The van der Waals surface area contributed by atoms with Crippen LogP contribution in [0.4, 0.5) is 11.4 Å². The molecule has 1 unspecified atom stereocenters. The summed E-state index contributed by atoms with van der Waals surface area (Å²) in [6.45, 7) is 4.12. The molecule has 20 heavy (non-hydrogen) atoms. The number of rotatable bonds is 2. The molecule has 3 nitrogen and oxygen atoms in total. The largest absolute Gasteiger partial charge is 0.478 e. The Morgan fingerprint density at radius 2 is 1.95 bits per heavy atom. The molecule has 0 aromatic heterocycles. The molecule has 0 bridgehead atoms. The van der Waals surface area contributed by atoms with Gasteiger partial charge in [-0.3, -0.25) is 0 Å². The molecule has 3 rings (SSSR count). The summed E-state index contributed by atoms with van der Waals surface area (Å²) >= 11 is 0. The molecular weight excluding hydrogens is 250 g/mol. The molecule has 1 N–H and O–H groups in total. The van der Waals surface area contributed by atoms with E-state index in [9.17, 15) is 9.90 Å². The minimum Gasteiger partial charge on any atom is -0.478 e. The Morgan fingerprint density at radius 1 is 1.20 bits per heavy atom. The van der Waals surface area contributed by atoms with Crippen molar-refractivity contribution < 1.29 is 9.90 Å². The van der Waals surface area contributed by atoms with Crippen LogP contribution in [0.5, 0.6) is 0 Å². The molecule has 3 heteroatoms. The molecule has 0 saturated heterocycles. The summed E-state index contributed by atoms with van der Waals surface area (Å²) in [5, 5.41) is 9.42. The van der Waals surface area contributed by atoms with Gasteiger partial charge in [0.15, 0.2) is 0 Å². The van der Waals surface area contributed by atoms with Gasteiger partial charge in [0.2, 0.25) is 0 Å². The van der Waals surface area contributed by atoms with E-state index < -0.39 is 5.97 Å². The molecule has 1 atom stereocenters. The Labute approximate surface area is 118 Å². The van der Waals surface area contributed by atoms with Gasteiger partial charge in [-0.15, -0.1) is 0 Å². The van der Waals surface area contributed by atoms with Crippen LogP contribution in [0.2, 0.25) is 0 Å². The predicted molar refractivity (Wildman–Crippen MR) is 79.9 cm³/mol. The van der Waals surface area contributed by atoms with Gasteiger partial charge in [-0.25, -0.2) is 4.79 Å². The molecule has 2 aromatic carbocycles. The van der Waals surface area contributed by atoms with Crippen molar-refractivity contribution in [1.29, 1.82) is 0 Å². The van der Waals surface area contributed by atoms with Crippen molar-refractivity contribution in [2.45, 2.75) is 26.3 Å². The van der Waals surface area contributed by atoms with Gasteiger partial charge < -0.3 is 10.0 Å². The number of fused-ring (bicyclic) bond motifs is 1. The van der Waals surface area contributed by atoms with Crippen LogP contribution in [0.15, 0.2) is 42.5 Å². The average Bonchev–Trinajstić information content (AvgIpc) is 2.73. The molecule has 102 valence electrons. The standard InChI is InChI=1S/C17H17NO2/c1-11-7-8-14(17(19)20)16(9-11)18-12(2)10-13-5-3-4-6-15(13)18/h3-9,12H,10H2,1-2H3,(H,19,20). The zero-order chi connectivity index (χ0) is 14.3. The van der Waals surface area contributed by atoms with Crippen LogP contribution in [-0.4, -0.2) is 17.1 Å². The number of hydrogen-bond acceptors (Lipinski definition) is 2. The maximum absolute atomic E-state index is 11.5. The normalized spacial score (nSPS) is 17.1. The number of aromatic carboxylic acids is 1. The van der Waals surface area contributed by atoms with E-state index in [1.807, 2.05) is 31.2 Å². The van der Waals surface area contributed by atoms with Gasteiger partial charge in [-0.2, -0.15) is 0 Å². The van der Waals surface area contributed by atoms with Gasteiger partial charge in [-0.05, 0) is 49.6 Å². The van der Waals surface area contributed by atoms with Gasteiger partial charge in [0, 0.05) is 11.7 Å². The highest BCUT2D eigenvalue weighted by atomic mass is 16.4. The second kappa shape index (κ2) is 4.67. The Hall–Kier alpha value is -2.29. The van der Waals surface area contributed by atoms with E-state index in [0.29, 0.717) is 5.56 Å². The van der Waals surface area contributed by atoms with Gasteiger partial charge in [0.1, 0.15) is 0 Å². The number of hydrogen-bond donors (Lipinski definition) is 1. The van der Waals surface area contributed by atoms with E-state index in [1.54, 1.807) is 6.07 Å². The van der Waals surface area contributed by atoms with Crippen LogP contribution in [0.1, 0.15) is 28.4 Å². The molecule has 1 aliphatic rings. The topological polar surface area (TPSA) is 40.5 Å². The lowest BCUT2D eigenvalue weighted by molar-refractivity contribution is 0.0697. The summed E-state index contributed by atoms with van der Waals surface area (Å²) in [5.74, 6) is -0.878. The SMILES string of the molecule is Cc1ccc(C(=O)O)c(N2c3ccccc3CC2C)c1. The fraction of sp³-hybridized carbons (Fsp3) is 0.235. The number of carbonyl (C=O) groups is 1. The minimum atomic E-state index is -0.878. The summed E-state index contributed by atoms with van der Waals surface area (Å²) in [5.41, 5.74) is 4.61. The highest BCUT2D eigenvalue weighted by molar-refractivity contribution is 5.96. The van der Waals surface area contributed by atoms with Crippen LogP contribution in [0, 0.1) is 6.92 Å². The van der Waals surface area contributed by atoms with Crippen molar-refractivity contribution in [1.82, 2.24) is 0 Å². The second-order valence-electron chi connectivity index (χ2n) is 5.38. The lowest BCUT2D eigenvalue weighted by atomic mass is 10.1. The van der Waals surface area contributed by atoms with Crippen molar-refractivity contribution in [3.05, 3.63) is 59.2 Å². The van der Waals surface area contributed by atoms with E-state index in [2.05, 4.69) is 24.0 Å². The molecule has 0 fully saturated rings. The number of nitrogens with zero attached hydrogens (tertiary/aromatic N) is 1. The maximum Gasteiger partial charge on any atom is 0.337 e. The summed E-state index contributed by atoms with van der Waals surface area (Å²) < 4.78 is 0. The monoisotopic (exact) mass is 267 g/mol. The van der Waals surface area contributed by atoms with E-state index in [1.165, 1.54) is 5.56 Å². The second-order valence-corrected chi connectivity index (χ2v) is 5.38. The Balaban J connectivity index is 2.18. The quantitative estimate of drug-likeness (QED) is 0.900. The molecule has 0 amide bonds. The first-order chi connectivity index (χ1) is 9.58. The summed E-state index contributed by atoms with van der Waals surface area (Å²) in [6.07, 6.45) is 0.948. The fourth-order valence-corrected chi connectivity index (χ4v) is 2.95. The third-order valence-corrected chi connectivity index (χ3v) is 3.85. The third kappa shape index (κ3) is 1.95. The Morgan fingerprint density at radius 3 is 2.70 bits per heavy atom. The van der Waals surface area contributed by atoms with Gasteiger partial charge in [-0.1, -0.05) is 24.3 Å². The van der Waals surface area contributed by atoms with E-state index in [-0.39, 0.29) is 6.04 Å². The van der Waals surface area contributed by atoms with Crippen LogP contribution < -0.4 is 4.90 Å². The first-order valence-corrected chi connectivity index (χ1v) is 6.79. The first kappa shape index (κ1) is 12.7. The zero-order valence-corrected chi connectivity index (χ0v) is 11.6. The first-order valence-electron chi connectivity index (χ1n) is 6.79. The molecule has 0 radical (unpaired) electrons. The summed E-state index contributed by atoms with van der Waals surface area (Å²) in [7, 11) is 0. The van der Waals surface area contributed by atoms with Crippen LogP contribution >= 0.6 is 0 Å². The van der Waals surface area contributed by atoms with E-state index in [4.69, 9.17) is 0 Å². The molecule has 0 spiro atoms. The van der Waals surface area contributed by atoms with Crippen molar-refractivity contribution in [3.8, 4) is 0 Å². The van der Waals surface area contributed by atoms with Gasteiger partial charge in [0.25, 0.3) is 0 Å². The van der Waals surface area contributed by atoms with Crippen LogP contribution in [0.25, 0.3) is 0 Å². The summed E-state index contributed by atoms with van der Waals surface area (Å²) in [4.78, 5) is 13.6. The molecule has 2 aromatic rings. The third-order valence-electron chi connectivity index (χ3n) is 3.85. The Kier molecular flexibility index (Phi) is 2.97. The van der Waals surface area contributed by atoms with E-state index in [0.717, 1.165) is 23.4 Å². The molecular formula is C17H17NO2. The van der Waals surface area contributed by atoms with Crippen molar-refractivity contribution in [2.24, 2.45) is 0 Å². The lowest BCUT2D eigenvalue weighted by Crippen LogP contribution is -2.25. The highest BCUT2D eigenvalue weighted by Gasteiger charge is 2.29. The molecule has 0 aliphatic carbocycles. The number of aryl methyl sites for hydroxylation is 1. The van der Waals surface area contributed by atoms with Crippen molar-refractivity contribution >= 4 is 17.3 Å². The highest BCUT2D eigenvalue weighted by Crippen LogP contribution is 2.39. The minimum absolute atomic E-state index is 0.271. The Bertz CT molecular complexity index is 678. The molecule has 1 heterocycles. The molecule has 1 aliphatic heterocycles. The molecule has 0 saturated carbocycles. The fourth-order valence-electron chi connectivity index (χ4n) is 2.95. The van der Waals surface area contributed by atoms with E-state index >= 15 is 0 Å². The van der Waals surface area contributed by atoms with Gasteiger partial charge in [0.05, 0.1) is 11.3 Å². The number of carboxylic acids is 1. The van der Waals surface area contributed by atoms with Gasteiger partial charge >= 0.3 is 5.97 Å². The maximum atomic E-state index is 11.5. The van der Waals surface area contributed by atoms with Crippen LogP contribution in [-0.2, 0) is 6.42 Å². The van der Waals surface area contributed by atoms with Crippen molar-refractivity contribution in [2.75, 3.05) is 4.90 Å². The average molecular weight is 267 g/mol. The number of anilines is 2. The van der Waals surface area contributed by atoms with Crippen LogP contribution in [0.3, 0.4) is 0 Å². The lowest BCUT2D eigenvalue weighted by Gasteiger charge is -2.27. The number of para-hydroxylation sites is 1. The smallest absolute Gasteiger partial charge is 0.337 e. The van der Waals surface area contributed by atoms with Crippen molar-refractivity contribution in [3.63, 3.8) is 0 Å². The predicted octanol–water partition coefficient (Wildman–Crippen LogP) is 3.78. The zero-order valence-electron chi connectivity index (χ0n) is 11.6. The summed E-state index contributed by atoms with van der Waals surface area (Å²) in [6, 6.07) is 14.0. The number of carboxylic acid groups (broad SMARTS) is 1.